The minimum Gasteiger partial charge on any atom is -0.475 e. The minimum atomic E-state index is 0.0610. The Kier molecular flexibility index (Phi) is 10.5. The lowest BCUT2D eigenvalue weighted by molar-refractivity contribution is 0.232. The summed E-state index contributed by atoms with van der Waals surface area (Å²) in [5.74, 6) is 26.7. The fraction of sp³-hybridized carbons (Fsp3) is 0.143. The van der Waals surface area contributed by atoms with Gasteiger partial charge in [-0.1, -0.05) is 59.8 Å². The van der Waals surface area contributed by atoms with Gasteiger partial charge in [0.1, 0.15) is 11.4 Å². The van der Waals surface area contributed by atoms with Crippen molar-refractivity contribution in [2.45, 2.75) is 39.9 Å². The summed E-state index contributed by atoms with van der Waals surface area (Å²) in [5.41, 5.74) is 6.61. The Morgan fingerprint density at radius 1 is 0.391 bits per heavy atom. The molecule has 0 aliphatic heterocycles. The molecular formula is C42H32N2O2. The van der Waals surface area contributed by atoms with Crippen LogP contribution in [0.1, 0.15) is 72.5 Å². The molecule has 5 aromatic rings. The molecule has 0 bridgehead atoms. The number of pyridine rings is 2. The first-order valence-electron chi connectivity index (χ1n) is 15.0. The molecule has 5 rings (SSSR count). The first-order chi connectivity index (χ1) is 22.4. The predicted octanol–water partition coefficient (Wildman–Crippen LogP) is 7.65. The highest BCUT2D eigenvalue weighted by Gasteiger charge is 2.01. The molecule has 0 radical (unpaired) electrons. The quantitative estimate of drug-likeness (QED) is 0.200. The third-order valence-electron chi connectivity index (χ3n) is 6.21. The van der Waals surface area contributed by atoms with Crippen LogP contribution in [0.25, 0.3) is 0 Å². The molecule has 0 spiro atoms. The molecule has 0 N–H and O–H groups in total. The highest BCUT2D eigenvalue weighted by Crippen LogP contribution is 2.12. The molecular weight excluding hydrogens is 564 g/mol. The van der Waals surface area contributed by atoms with Crippen LogP contribution in [0.2, 0.25) is 0 Å². The van der Waals surface area contributed by atoms with Crippen molar-refractivity contribution in [3.05, 3.63) is 154 Å². The van der Waals surface area contributed by atoms with E-state index in [0.717, 1.165) is 33.4 Å². The number of benzene rings is 3. The van der Waals surface area contributed by atoms with Crippen LogP contribution in [0.3, 0.4) is 0 Å². The second-order valence-electron chi connectivity index (χ2n) is 10.8. The number of aromatic nitrogens is 2. The molecule has 3 aromatic carbocycles. The van der Waals surface area contributed by atoms with Gasteiger partial charge in [-0.2, -0.15) is 0 Å². The molecule has 2 heterocycles. The SMILES string of the molecule is CC(C)Oc1cccc(C#Cc2ccc(C#Cc3ccccc3C#Cc3ccc(C#Cc4cccc(OC(C)C)n4)cc3)cc2)n1. The van der Waals surface area contributed by atoms with E-state index in [1.165, 1.54) is 0 Å². The zero-order valence-electron chi connectivity index (χ0n) is 26.3. The molecule has 4 nitrogen and oxygen atoms in total. The maximum absolute atomic E-state index is 5.66. The van der Waals surface area contributed by atoms with Crippen LogP contribution < -0.4 is 9.47 Å². The number of nitrogens with zero attached hydrogens (tertiary/aromatic N) is 2. The molecule has 0 aliphatic rings. The van der Waals surface area contributed by atoms with Crippen LogP contribution in [-0.2, 0) is 0 Å². The summed E-state index contributed by atoms with van der Waals surface area (Å²) < 4.78 is 11.3. The Bertz CT molecular complexity index is 1910. The van der Waals surface area contributed by atoms with E-state index >= 15 is 0 Å². The molecule has 46 heavy (non-hydrogen) atoms. The highest BCUT2D eigenvalue weighted by molar-refractivity contribution is 5.55. The number of ether oxygens (including phenoxy) is 2. The smallest absolute Gasteiger partial charge is 0.214 e. The van der Waals surface area contributed by atoms with Crippen LogP contribution in [0, 0.1) is 47.4 Å². The second-order valence-corrected chi connectivity index (χ2v) is 10.8. The van der Waals surface area contributed by atoms with Crippen molar-refractivity contribution >= 4 is 0 Å². The van der Waals surface area contributed by atoms with E-state index in [1.54, 1.807) is 0 Å². The first kappa shape index (κ1) is 31.2. The van der Waals surface area contributed by atoms with E-state index < -0.39 is 0 Å². The molecule has 2 aromatic heterocycles. The van der Waals surface area contributed by atoms with E-state index in [4.69, 9.17) is 9.47 Å². The van der Waals surface area contributed by atoms with Crippen LogP contribution >= 0.6 is 0 Å². The Morgan fingerprint density at radius 2 is 0.739 bits per heavy atom. The lowest BCUT2D eigenvalue weighted by Crippen LogP contribution is -2.07. The van der Waals surface area contributed by atoms with Gasteiger partial charge in [0.2, 0.25) is 11.8 Å². The fourth-order valence-electron chi connectivity index (χ4n) is 4.11. The summed E-state index contributed by atoms with van der Waals surface area (Å²) in [4.78, 5) is 8.88. The van der Waals surface area contributed by atoms with Crippen molar-refractivity contribution in [2.75, 3.05) is 0 Å². The van der Waals surface area contributed by atoms with Crippen molar-refractivity contribution in [2.24, 2.45) is 0 Å². The third-order valence-corrected chi connectivity index (χ3v) is 6.21. The van der Waals surface area contributed by atoms with Crippen molar-refractivity contribution < 1.29 is 9.47 Å². The monoisotopic (exact) mass is 596 g/mol. The van der Waals surface area contributed by atoms with Gasteiger partial charge in [-0.15, -0.1) is 0 Å². The Hall–Kier alpha value is -6.20. The standard InChI is InChI=1S/C42H32N2O2/c1-31(2)45-41-13-7-11-39(43-41)29-25-35-19-15-33(16-20-35)23-27-37-9-5-6-10-38(37)28-24-34-17-21-36(22-18-34)26-30-40-12-8-14-42(44-40)46-32(3)4/h5-22,31-32H,1-4H3. The van der Waals surface area contributed by atoms with E-state index in [2.05, 4.69) is 57.3 Å². The Morgan fingerprint density at radius 3 is 1.09 bits per heavy atom. The predicted molar refractivity (Wildman–Crippen MR) is 183 cm³/mol. The number of hydrogen-bond donors (Lipinski definition) is 0. The number of hydrogen-bond acceptors (Lipinski definition) is 4. The second kappa shape index (κ2) is 15.5. The topological polar surface area (TPSA) is 44.2 Å². The largest absolute Gasteiger partial charge is 0.475 e. The van der Waals surface area contributed by atoms with Crippen molar-refractivity contribution in [3.63, 3.8) is 0 Å². The summed E-state index contributed by atoms with van der Waals surface area (Å²) in [6.07, 6.45) is 0.122. The summed E-state index contributed by atoms with van der Waals surface area (Å²) in [6, 6.07) is 34.8. The average Bonchev–Trinajstić information content (AvgIpc) is 3.05. The van der Waals surface area contributed by atoms with Gasteiger partial charge >= 0.3 is 0 Å². The first-order valence-corrected chi connectivity index (χ1v) is 15.0. The van der Waals surface area contributed by atoms with Gasteiger partial charge < -0.3 is 9.47 Å². The van der Waals surface area contributed by atoms with Gasteiger partial charge in [-0.05, 0) is 112 Å². The molecule has 0 saturated heterocycles. The van der Waals surface area contributed by atoms with Crippen molar-refractivity contribution in [1.82, 2.24) is 9.97 Å². The summed E-state index contributed by atoms with van der Waals surface area (Å²) in [5, 5.41) is 0. The molecule has 222 valence electrons. The molecule has 0 atom stereocenters. The van der Waals surface area contributed by atoms with Crippen LogP contribution in [0.4, 0.5) is 0 Å². The Labute approximate surface area is 271 Å². The summed E-state index contributed by atoms with van der Waals surface area (Å²) >= 11 is 0. The van der Waals surface area contributed by atoms with E-state index in [0.29, 0.717) is 23.1 Å². The van der Waals surface area contributed by atoms with E-state index in [-0.39, 0.29) is 12.2 Å². The van der Waals surface area contributed by atoms with Crippen molar-refractivity contribution in [3.8, 4) is 59.1 Å². The normalized spacial score (nSPS) is 9.87. The summed E-state index contributed by atoms with van der Waals surface area (Å²) in [6.45, 7) is 7.88. The van der Waals surface area contributed by atoms with Crippen LogP contribution in [-0.4, -0.2) is 22.2 Å². The molecule has 0 aliphatic carbocycles. The van der Waals surface area contributed by atoms with Crippen molar-refractivity contribution in [1.29, 1.82) is 0 Å². The lowest BCUT2D eigenvalue weighted by Gasteiger charge is -2.07. The molecule has 0 amide bonds. The third kappa shape index (κ3) is 9.66. The molecule has 0 unspecified atom stereocenters. The van der Waals surface area contributed by atoms with Gasteiger partial charge in [0.25, 0.3) is 0 Å². The van der Waals surface area contributed by atoms with E-state index in [1.807, 2.05) is 137 Å². The van der Waals surface area contributed by atoms with E-state index in [9.17, 15) is 0 Å². The zero-order valence-corrected chi connectivity index (χ0v) is 26.3. The maximum atomic E-state index is 5.66. The minimum absolute atomic E-state index is 0.0610. The van der Waals surface area contributed by atoms with Gasteiger partial charge in [0, 0.05) is 45.5 Å². The molecule has 0 saturated carbocycles. The van der Waals surface area contributed by atoms with Gasteiger partial charge in [-0.25, -0.2) is 9.97 Å². The Balaban J connectivity index is 1.24. The zero-order chi connectivity index (χ0) is 32.1. The molecule has 0 fully saturated rings. The average molecular weight is 597 g/mol. The van der Waals surface area contributed by atoms with Crippen LogP contribution in [0.15, 0.2) is 109 Å². The number of rotatable bonds is 4. The molecule has 4 heteroatoms. The maximum Gasteiger partial charge on any atom is 0.214 e. The fourth-order valence-corrected chi connectivity index (χ4v) is 4.11. The van der Waals surface area contributed by atoms with Crippen LogP contribution in [0.5, 0.6) is 11.8 Å². The van der Waals surface area contributed by atoms with Gasteiger partial charge in [-0.3, -0.25) is 0 Å². The lowest BCUT2D eigenvalue weighted by atomic mass is 10.1. The summed E-state index contributed by atoms with van der Waals surface area (Å²) in [7, 11) is 0. The van der Waals surface area contributed by atoms with Gasteiger partial charge in [0.05, 0.1) is 12.2 Å². The highest BCUT2D eigenvalue weighted by atomic mass is 16.5. The van der Waals surface area contributed by atoms with Gasteiger partial charge in [0.15, 0.2) is 0 Å².